The minimum atomic E-state index is -4.16. The van der Waals surface area contributed by atoms with E-state index in [1.54, 1.807) is 0 Å². The molecule has 0 rings (SSSR count). The highest BCUT2D eigenvalue weighted by atomic mass is 127. The molecule has 18 heavy (non-hydrogen) atoms. The molecule has 4 nitrogen and oxygen atoms in total. The summed E-state index contributed by atoms with van der Waals surface area (Å²) in [5.74, 6) is 0.338. The summed E-state index contributed by atoms with van der Waals surface area (Å²) in [7, 11) is 0. The van der Waals surface area contributed by atoms with E-state index in [9.17, 15) is 13.2 Å². The Kier molecular flexibility index (Phi) is 11.9. The zero-order chi connectivity index (χ0) is 13.3. The predicted molar refractivity (Wildman–Crippen MR) is 76.3 cm³/mol. The number of aliphatic hydroxyl groups is 1. The van der Waals surface area contributed by atoms with Crippen LogP contribution in [-0.4, -0.2) is 43.5 Å². The summed E-state index contributed by atoms with van der Waals surface area (Å²) >= 11 is 0. The fraction of sp³-hybridized carbons (Fsp3) is 0.900. The molecule has 0 saturated carbocycles. The maximum atomic E-state index is 11.9. The van der Waals surface area contributed by atoms with Crippen molar-refractivity contribution in [1.82, 2.24) is 10.6 Å². The smallest absolute Gasteiger partial charge is 0.390 e. The highest BCUT2D eigenvalue weighted by Crippen LogP contribution is 2.17. The Hall–Kier alpha value is -0.250. The second-order valence-electron chi connectivity index (χ2n) is 3.80. The maximum absolute atomic E-state index is 11.9. The molecule has 3 N–H and O–H groups in total. The largest absolute Gasteiger partial charge is 0.396 e. The van der Waals surface area contributed by atoms with Crippen LogP contribution >= 0.6 is 24.0 Å². The van der Waals surface area contributed by atoms with Crippen LogP contribution in [0.5, 0.6) is 0 Å². The zero-order valence-electron chi connectivity index (χ0n) is 10.5. The van der Waals surface area contributed by atoms with Crippen LogP contribution in [0.4, 0.5) is 13.2 Å². The van der Waals surface area contributed by atoms with Crippen LogP contribution in [0, 0.1) is 5.92 Å². The first-order valence-electron chi connectivity index (χ1n) is 5.58. The molecule has 0 aliphatic rings. The lowest BCUT2D eigenvalue weighted by molar-refractivity contribution is -0.132. The molecule has 0 radical (unpaired) electrons. The summed E-state index contributed by atoms with van der Waals surface area (Å²) in [5, 5.41) is 14.2. The first-order chi connectivity index (χ1) is 7.89. The fourth-order valence-electron chi connectivity index (χ4n) is 0.969. The Morgan fingerprint density at radius 2 is 1.94 bits per heavy atom. The van der Waals surface area contributed by atoms with Gasteiger partial charge in [-0.05, 0) is 12.8 Å². The number of hydrogen-bond acceptors (Lipinski definition) is 2. The van der Waals surface area contributed by atoms with Crippen LogP contribution in [0.25, 0.3) is 0 Å². The van der Waals surface area contributed by atoms with Crippen LogP contribution in [-0.2, 0) is 0 Å². The molecule has 0 bridgehead atoms. The van der Waals surface area contributed by atoms with Gasteiger partial charge in [-0.3, -0.25) is 4.99 Å². The van der Waals surface area contributed by atoms with Gasteiger partial charge in [0.2, 0.25) is 0 Å². The molecule has 8 heteroatoms. The normalized spacial score (nSPS) is 13.8. The number of aliphatic imine (C=N–C) groups is 1. The molecule has 0 aromatic rings. The van der Waals surface area contributed by atoms with Crippen LogP contribution in [0.2, 0.25) is 0 Å². The number of halogens is 4. The summed E-state index contributed by atoms with van der Waals surface area (Å²) in [6.07, 6.45) is -5.06. The van der Waals surface area contributed by atoms with Crippen molar-refractivity contribution in [2.24, 2.45) is 10.9 Å². The number of rotatable bonds is 6. The first kappa shape index (κ1) is 20.1. The van der Waals surface area contributed by atoms with E-state index in [2.05, 4.69) is 15.6 Å². The van der Waals surface area contributed by atoms with Crippen molar-refractivity contribution in [2.75, 3.05) is 26.2 Å². The van der Waals surface area contributed by atoms with Gasteiger partial charge in [-0.1, -0.05) is 6.92 Å². The lowest BCUT2D eigenvalue weighted by atomic mass is 10.2. The topological polar surface area (TPSA) is 56.7 Å². The molecule has 0 spiro atoms. The van der Waals surface area contributed by atoms with Crippen LogP contribution in [0.3, 0.4) is 0 Å². The Morgan fingerprint density at radius 3 is 2.39 bits per heavy atom. The molecule has 0 aromatic heterocycles. The standard InChI is InChI=1S/C10H20F3N3O.HI/c1-3-14-9(16-6-8(2)7-17)15-5-4-10(11,12)13;/h8,17H,3-7H2,1-2H3,(H2,14,15,16);1H. The summed E-state index contributed by atoms with van der Waals surface area (Å²) in [6.45, 7) is 4.39. The van der Waals surface area contributed by atoms with Gasteiger partial charge in [0.25, 0.3) is 0 Å². The molecule has 110 valence electrons. The number of nitrogens with one attached hydrogen (secondary N) is 2. The van der Waals surface area contributed by atoms with Gasteiger partial charge < -0.3 is 15.7 Å². The molecule has 0 aliphatic carbocycles. The molecule has 0 amide bonds. The van der Waals surface area contributed by atoms with E-state index in [0.717, 1.165) is 0 Å². The zero-order valence-corrected chi connectivity index (χ0v) is 12.9. The number of hydrogen-bond donors (Lipinski definition) is 3. The monoisotopic (exact) mass is 383 g/mol. The van der Waals surface area contributed by atoms with E-state index in [0.29, 0.717) is 19.0 Å². The van der Waals surface area contributed by atoms with E-state index >= 15 is 0 Å². The highest BCUT2D eigenvalue weighted by molar-refractivity contribution is 14.0. The third-order valence-corrected chi connectivity index (χ3v) is 1.92. The fourth-order valence-corrected chi connectivity index (χ4v) is 0.969. The maximum Gasteiger partial charge on any atom is 0.390 e. The second-order valence-corrected chi connectivity index (χ2v) is 3.80. The average molecular weight is 383 g/mol. The second kappa shape index (κ2) is 10.7. The van der Waals surface area contributed by atoms with E-state index < -0.39 is 12.6 Å². The predicted octanol–water partition coefficient (Wildman–Crippen LogP) is 1.74. The summed E-state index contributed by atoms with van der Waals surface area (Å²) in [6, 6.07) is 0. The van der Waals surface area contributed by atoms with Gasteiger partial charge in [0.05, 0.1) is 6.42 Å². The molecule has 0 aliphatic heterocycles. The van der Waals surface area contributed by atoms with Crippen molar-refractivity contribution in [3.8, 4) is 0 Å². The Balaban J connectivity index is 0. The van der Waals surface area contributed by atoms with Gasteiger partial charge in [0.1, 0.15) is 0 Å². The van der Waals surface area contributed by atoms with Crippen molar-refractivity contribution < 1.29 is 18.3 Å². The SMILES string of the molecule is CCNC(=NCC(C)CO)NCCC(F)(F)F.I. The minimum Gasteiger partial charge on any atom is -0.396 e. The third kappa shape index (κ3) is 12.2. The van der Waals surface area contributed by atoms with E-state index in [1.165, 1.54) is 0 Å². The Morgan fingerprint density at radius 1 is 1.33 bits per heavy atom. The minimum absolute atomic E-state index is 0. The molecule has 0 saturated heterocycles. The number of nitrogens with zero attached hydrogens (tertiary/aromatic N) is 1. The van der Waals surface area contributed by atoms with Gasteiger partial charge in [0, 0.05) is 26.2 Å². The van der Waals surface area contributed by atoms with Gasteiger partial charge in [-0.25, -0.2) is 0 Å². The Labute approximate surface area is 122 Å². The van der Waals surface area contributed by atoms with Crippen molar-refractivity contribution in [1.29, 1.82) is 0 Å². The van der Waals surface area contributed by atoms with E-state index in [1.807, 2.05) is 13.8 Å². The van der Waals surface area contributed by atoms with Crippen molar-refractivity contribution in [3.63, 3.8) is 0 Å². The molecule has 1 atom stereocenters. The number of guanidine groups is 1. The summed E-state index contributed by atoms with van der Waals surface area (Å²) < 4.78 is 35.8. The summed E-state index contributed by atoms with van der Waals surface area (Å²) in [4.78, 5) is 4.07. The molecule has 1 unspecified atom stereocenters. The van der Waals surface area contributed by atoms with Crippen molar-refractivity contribution in [2.45, 2.75) is 26.4 Å². The molecule has 0 heterocycles. The molecule has 0 fully saturated rings. The highest BCUT2D eigenvalue weighted by Gasteiger charge is 2.26. The van der Waals surface area contributed by atoms with Gasteiger partial charge in [0.15, 0.2) is 5.96 Å². The lowest BCUT2D eigenvalue weighted by Crippen LogP contribution is -2.39. The number of aliphatic hydroxyl groups excluding tert-OH is 1. The van der Waals surface area contributed by atoms with Gasteiger partial charge in [-0.2, -0.15) is 13.2 Å². The van der Waals surface area contributed by atoms with Crippen LogP contribution < -0.4 is 10.6 Å². The lowest BCUT2D eigenvalue weighted by Gasteiger charge is -2.13. The Bertz CT molecular complexity index is 237. The van der Waals surface area contributed by atoms with Crippen molar-refractivity contribution in [3.05, 3.63) is 0 Å². The van der Waals surface area contributed by atoms with Crippen LogP contribution in [0.15, 0.2) is 4.99 Å². The first-order valence-corrected chi connectivity index (χ1v) is 5.58. The quantitative estimate of drug-likeness (QED) is 0.372. The molecular weight excluding hydrogens is 362 g/mol. The van der Waals surface area contributed by atoms with Crippen molar-refractivity contribution >= 4 is 29.9 Å². The third-order valence-electron chi connectivity index (χ3n) is 1.92. The van der Waals surface area contributed by atoms with Gasteiger partial charge in [-0.15, -0.1) is 24.0 Å². The van der Waals surface area contributed by atoms with Gasteiger partial charge >= 0.3 is 6.18 Å². The average Bonchev–Trinajstić information content (AvgIpc) is 2.23. The molecule has 0 aromatic carbocycles. The summed E-state index contributed by atoms with van der Waals surface area (Å²) in [5.41, 5.74) is 0. The van der Waals surface area contributed by atoms with E-state index in [4.69, 9.17) is 5.11 Å². The number of alkyl halides is 3. The van der Waals surface area contributed by atoms with Crippen LogP contribution in [0.1, 0.15) is 20.3 Å². The van der Waals surface area contributed by atoms with E-state index in [-0.39, 0.29) is 43.0 Å². The molecular formula is C10H21F3IN3O.